The fourth-order valence-electron chi connectivity index (χ4n) is 4.34. The molecule has 1 aliphatic heterocycles. The third-order valence-corrected chi connectivity index (χ3v) is 5.88. The molecule has 1 aliphatic rings. The maximum atomic E-state index is 12.6. The van der Waals surface area contributed by atoms with Crippen LogP contribution in [0.2, 0.25) is 0 Å². The number of nitrogens with one attached hydrogen (secondary N) is 1. The lowest BCUT2D eigenvalue weighted by atomic mass is 10.1. The van der Waals surface area contributed by atoms with Crippen molar-refractivity contribution < 1.29 is 4.79 Å². The minimum absolute atomic E-state index is 0.0872. The van der Waals surface area contributed by atoms with E-state index in [1.165, 1.54) is 25.7 Å². The Kier molecular flexibility index (Phi) is 6.48. The summed E-state index contributed by atoms with van der Waals surface area (Å²) >= 11 is 0. The number of fused-ring (bicyclic) bond motifs is 1. The van der Waals surface area contributed by atoms with Crippen molar-refractivity contribution in [1.82, 2.24) is 14.5 Å². The first-order valence-corrected chi connectivity index (χ1v) is 11.2. The number of likely N-dealkylation sites (tertiary alicyclic amines) is 1. The average Bonchev–Trinajstić information content (AvgIpc) is 2.89. The summed E-state index contributed by atoms with van der Waals surface area (Å²) in [5.41, 5.74) is 4.64. The highest BCUT2D eigenvalue weighted by molar-refractivity contribution is 6.05. The van der Waals surface area contributed by atoms with Crippen molar-refractivity contribution >= 4 is 22.6 Å². The molecule has 2 aromatic carbocycles. The summed E-state index contributed by atoms with van der Waals surface area (Å²) in [5, 5.41) is 3.03. The van der Waals surface area contributed by atoms with E-state index in [-0.39, 0.29) is 5.91 Å². The van der Waals surface area contributed by atoms with E-state index < -0.39 is 0 Å². The summed E-state index contributed by atoms with van der Waals surface area (Å²) in [4.78, 5) is 20.2. The van der Waals surface area contributed by atoms with E-state index in [4.69, 9.17) is 4.98 Å². The van der Waals surface area contributed by atoms with Gasteiger partial charge in [0.2, 0.25) is 0 Å². The van der Waals surface area contributed by atoms with Crippen LogP contribution in [0.3, 0.4) is 0 Å². The number of nitrogens with zero attached hydrogens (tertiary/aromatic N) is 3. The smallest absolute Gasteiger partial charge is 0.255 e. The summed E-state index contributed by atoms with van der Waals surface area (Å²) in [7, 11) is 0. The van der Waals surface area contributed by atoms with Crippen LogP contribution in [0.25, 0.3) is 11.0 Å². The second-order valence-corrected chi connectivity index (χ2v) is 8.40. The number of rotatable bonds is 6. The van der Waals surface area contributed by atoms with Crippen LogP contribution in [0.15, 0.2) is 42.5 Å². The lowest BCUT2D eigenvalue weighted by Crippen LogP contribution is -2.26. The normalized spacial score (nSPS) is 15.3. The maximum absolute atomic E-state index is 12.6. The maximum Gasteiger partial charge on any atom is 0.255 e. The van der Waals surface area contributed by atoms with Crippen LogP contribution < -0.4 is 5.32 Å². The van der Waals surface area contributed by atoms with Crippen LogP contribution >= 0.6 is 0 Å². The quantitative estimate of drug-likeness (QED) is 0.600. The molecular weight excluding hydrogens is 372 g/mol. The van der Waals surface area contributed by atoms with Crippen LogP contribution in [0.4, 0.5) is 5.69 Å². The largest absolute Gasteiger partial charge is 0.327 e. The molecule has 1 fully saturated rings. The molecule has 158 valence electrons. The van der Waals surface area contributed by atoms with E-state index in [1.807, 2.05) is 43.3 Å². The number of hydrogen-bond donors (Lipinski definition) is 1. The Morgan fingerprint density at radius 3 is 2.60 bits per heavy atom. The number of benzene rings is 2. The lowest BCUT2D eigenvalue weighted by Gasteiger charge is -2.20. The van der Waals surface area contributed by atoms with Crippen molar-refractivity contribution in [2.75, 3.05) is 18.4 Å². The Morgan fingerprint density at radius 2 is 1.87 bits per heavy atom. The molecule has 1 amide bonds. The zero-order chi connectivity index (χ0) is 20.9. The van der Waals surface area contributed by atoms with Gasteiger partial charge >= 0.3 is 0 Å². The van der Waals surface area contributed by atoms with E-state index in [0.717, 1.165) is 60.7 Å². The molecule has 4 rings (SSSR count). The van der Waals surface area contributed by atoms with Crippen molar-refractivity contribution in [2.45, 2.75) is 59.0 Å². The van der Waals surface area contributed by atoms with Gasteiger partial charge in [-0.3, -0.25) is 9.69 Å². The third kappa shape index (κ3) is 4.73. The number of hydrogen-bond acceptors (Lipinski definition) is 3. The Bertz CT molecular complexity index is 1020. The molecule has 0 aliphatic carbocycles. The second-order valence-electron chi connectivity index (χ2n) is 8.40. The number of carbonyl (C=O) groups is 1. The van der Waals surface area contributed by atoms with Crippen LogP contribution in [0.5, 0.6) is 0 Å². The monoisotopic (exact) mass is 404 g/mol. The molecular formula is C25H32N4O. The Balaban J connectivity index is 1.58. The topological polar surface area (TPSA) is 50.2 Å². The Hall–Kier alpha value is -2.66. The molecule has 3 aromatic rings. The molecule has 5 nitrogen and oxygen atoms in total. The number of aryl methyl sites for hydroxylation is 2. The van der Waals surface area contributed by atoms with Gasteiger partial charge in [0.05, 0.1) is 17.6 Å². The molecule has 0 bridgehead atoms. The molecule has 0 radical (unpaired) electrons. The minimum Gasteiger partial charge on any atom is -0.327 e. The highest BCUT2D eigenvalue weighted by Crippen LogP contribution is 2.23. The number of amides is 1. The van der Waals surface area contributed by atoms with E-state index in [1.54, 1.807) is 0 Å². The van der Waals surface area contributed by atoms with E-state index in [2.05, 4.69) is 27.8 Å². The summed E-state index contributed by atoms with van der Waals surface area (Å²) < 4.78 is 2.35. The van der Waals surface area contributed by atoms with Crippen LogP contribution in [-0.4, -0.2) is 33.4 Å². The summed E-state index contributed by atoms with van der Waals surface area (Å²) in [6.07, 6.45) is 6.31. The van der Waals surface area contributed by atoms with Gasteiger partial charge < -0.3 is 9.88 Å². The zero-order valence-corrected chi connectivity index (χ0v) is 18.2. The Labute approximate surface area is 179 Å². The average molecular weight is 405 g/mol. The molecule has 0 saturated carbocycles. The molecule has 0 atom stereocenters. The fraction of sp³-hybridized carbons (Fsp3) is 0.440. The molecule has 1 aromatic heterocycles. The molecule has 1 N–H and O–H groups in total. The first kappa shape index (κ1) is 20.6. The van der Waals surface area contributed by atoms with Crippen molar-refractivity contribution in [3.8, 4) is 0 Å². The van der Waals surface area contributed by atoms with Gasteiger partial charge in [0.15, 0.2) is 0 Å². The fourth-order valence-corrected chi connectivity index (χ4v) is 4.34. The first-order valence-electron chi connectivity index (χ1n) is 11.2. The van der Waals surface area contributed by atoms with Crippen LogP contribution in [0.1, 0.15) is 60.8 Å². The Morgan fingerprint density at radius 1 is 1.07 bits per heavy atom. The van der Waals surface area contributed by atoms with Gasteiger partial charge in [0.25, 0.3) is 5.91 Å². The first-order chi connectivity index (χ1) is 14.6. The van der Waals surface area contributed by atoms with Crippen molar-refractivity contribution in [3.05, 3.63) is 59.4 Å². The summed E-state index contributed by atoms with van der Waals surface area (Å²) in [6, 6.07) is 13.7. The number of imidazole rings is 1. The van der Waals surface area contributed by atoms with Crippen molar-refractivity contribution in [2.24, 2.45) is 0 Å². The summed E-state index contributed by atoms with van der Waals surface area (Å²) in [5.74, 6) is 1.05. The predicted octanol–water partition coefficient (Wildman–Crippen LogP) is 5.38. The highest BCUT2D eigenvalue weighted by atomic mass is 16.1. The minimum atomic E-state index is -0.0872. The van der Waals surface area contributed by atoms with Gasteiger partial charge in [-0.2, -0.15) is 0 Å². The second kappa shape index (κ2) is 9.43. The highest BCUT2D eigenvalue weighted by Gasteiger charge is 2.16. The molecule has 30 heavy (non-hydrogen) atoms. The molecule has 2 heterocycles. The van der Waals surface area contributed by atoms with Gasteiger partial charge in [-0.25, -0.2) is 4.98 Å². The van der Waals surface area contributed by atoms with Crippen molar-refractivity contribution in [3.63, 3.8) is 0 Å². The molecule has 0 unspecified atom stereocenters. The number of carbonyl (C=O) groups excluding carboxylic acids is 1. The van der Waals surface area contributed by atoms with E-state index in [9.17, 15) is 4.79 Å². The summed E-state index contributed by atoms with van der Waals surface area (Å²) in [6.45, 7) is 8.39. The number of anilines is 1. The van der Waals surface area contributed by atoms with E-state index >= 15 is 0 Å². The third-order valence-electron chi connectivity index (χ3n) is 5.88. The van der Waals surface area contributed by atoms with Crippen molar-refractivity contribution in [1.29, 1.82) is 0 Å². The van der Waals surface area contributed by atoms with Gasteiger partial charge in [-0.15, -0.1) is 0 Å². The van der Waals surface area contributed by atoms with E-state index in [0.29, 0.717) is 5.56 Å². The van der Waals surface area contributed by atoms with Gasteiger partial charge in [0, 0.05) is 17.8 Å². The van der Waals surface area contributed by atoms with Gasteiger partial charge in [0.1, 0.15) is 5.82 Å². The molecule has 0 spiro atoms. The standard InChI is InChI=1S/C25H32N4O/c1-3-13-29-23-12-11-21(26-25(30)20-10-8-9-19(2)16-20)17-22(23)27-24(29)18-28-14-6-4-5-7-15-28/h8-12,16-17H,3-7,13-15,18H2,1-2H3,(H,26,30). The SMILES string of the molecule is CCCn1c(CN2CCCCCC2)nc2cc(NC(=O)c3cccc(C)c3)ccc21. The van der Waals surface area contributed by atoms with Crippen LogP contribution in [0, 0.1) is 6.92 Å². The molecule has 1 saturated heterocycles. The predicted molar refractivity (Wildman–Crippen MR) is 123 cm³/mol. The lowest BCUT2D eigenvalue weighted by molar-refractivity contribution is 0.102. The van der Waals surface area contributed by atoms with Gasteiger partial charge in [-0.1, -0.05) is 37.5 Å². The molecule has 5 heteroatoms. The zero-order valence-electron chi connectivity index (χ0n) is 18.2. The van der Waals surface area contributed by atoms with Crippen LogP contribution in [-0.2, 0) is 13.1 Å². The number of aromatic nitrogens is 2. The van der Waals surface area contributed by atoms with Gasteiger partial charge in [-0.05, 0) is 69.6 Å².